The summed E-state index contributed by atoms with van der Waals surface area (Å²) in [5, 5.41) is 44.0. The first-order chi connectivity index (χ1) is 13.2. The third kappa shape index (κ3) is 1.70. The number of hydrogen-bond donors (Lipinski definition) is 4. The summed E-state index contributed by atoms with van der Waals surface area (Å²) in [6.45, 7) is 1.08. The molecule has 2 unspecified atom stereocenters. The minimum atomic E-state index is -1.30. The Bertz CT molecular complexity index is 918. The quantitative estimate of drug-likeness (QED) is 0.514. The average Bonchev–Trinajstić information content (AvgIpc) is 3.16. The van der Waals surface area contributed by atoms with E-state index in [0.717, 1.165) is 12.0 Å². The summed E-state index contributed by atoms with van der Waals surface area (Å²) in [6.07, 6.45) is -0.411. The van der Waals surface area contributed by atoms with Crippen molar-refractivity contribution in [3.63, 3.8) is 0 Å². The molecule has 5 aliphatic rings. The summed E-state index contributed by atoms with van der Waals surface area (Å²) in [5.74, 6) is 0.266. The number of aliphatic hydroxyl groups excluding tert-OH is 2. The summed E-state index contributed by atoms with van der Waals surface area (Å²) in [6, 6.07) is 3.21. The molecule has 28 heavy (non-hydrogen) atoms. The Morgan fingerprint density at radius 2 is 2.07 bits per heavy atom. The fourth-order valence-electron chi connectivity index (χ4n) is 7.13. The highest BCUT2D eigenvalue weighted by Crippen LogP contribution is 2.65. The van der Waals surface area contributed by atoms with Gasteiger partial charge >= 0.3 is 0 Å². The van der Waals surface area contributed by atoms with E-state index < -0.39 is 23.2 Å². The molecular formula is C21H26NO6+. The Labute approximate surface area is 162 Å². The number of hydrogen-bond acceptors (Lipinski definition) is 6. The molecule has 2 bridgehead atoms. The smallest absolute Gasteiger partial charge is 0.174 e. The highest BCUT2D eigenvalue weighted by atomic mass is 16.5. The lowest BCUT2D eigenvalue weighted by Gasteiger charge is -2.65. The van der Waals surface area contributed by atoms with E-state index in [1.54, 1.807) is 6.07 Å². The highest BCUT2D eigenvalue weighted by molar-refractivity contribution is 5.90. The number of piperidine rings is 1. The molecule has 6 rings (SSSR count). The van der Waals surface area contributed by atoms with Crippen LogP contribution in [0.3, 0.4) is 0 Å². The molecule has 2 aliphatic heterocycles. The second-order valence-corrected chi connectivity index (χ2v) is 9.85. The van der Waals surface area contributed by atoms with Crippen LogP contribution in [0.5, 0.6) is 11.5 Å². The standard InChI is InChI=1S/C21H25NO6/c1-22(8-11-6-14(11)25)9-16(26)21-17-10-2-3-12(23)18(17)28-19(21)13(24)4-5-20(21,27)15(22)7-10/h2-3,11,14-16,19,25-27H,4-9H2,1H3/p+1/t11?,14?,15-,16-,19+,20-,21+,22+/m1/s1. The van der Waals surface area contributed by atoms with Crippen molar-refractivity contribution in [2.75, 3.05) is 20.1 Å². The van der Waals surface area contributed by atoms with Crippen LogP contribution in [-0.4, -0.2) is 80.8 Å². The topological polar surface area (TPSA) is 107 Å². The predicted molar refractivity (Wildman–Crippen MR) is 96.9 cm³/mol. The van der Waals surface area contributed by atoms with Crippen LogP contribution < -0.4 is 4.74 Å². The summed E-state index contributed by atoms with van der Waals surface area (Å²) >= 11 is 0. The van der Waals surface area contributed by atoms with Gasteiger partial charge < -0.3 is 29.6 Å². The number of aliphatic hydroxyl groups is 3. The molecule has 2 saturated carbocycles. The zero-order valence-electron chi connectivity index (χ0n) is 15.8. The minimum absolute atomic E-state index is 0.0488. The monoisotopic (exact) mass is 388 g/mol. The van der Waals surface area contributed by atoms with Crippen molar-refractivity contribution in [3.05, 3.63) is 23.3 Å². The molecule has 0 aromatic heterocycles. The first kappa shape index (κ1) is 17.2. The van der Waals surface area contributed by atoms with Gasteiger partial charge in [0.05, 0.1) is 19.7 Å². The molecule has 1 aromatic carbocycles. The lowest BCUT2D eigenvalue weighted by Crippen LogP contribution is -2.85. The van der Waals surface area contributed by atoms with Crippen LogP contribution in [0.2, 0.25) is 0 Å². The molecule has 1 saturated heterocycles. The maximum Gasteiger partial charge on any atom is 0.174 e. The number of nitrogens with zero attached hydrogens (tertiary/aromatic N) is 1. The first-order valence-electron chi connectivity index (χ1n) is 10.2. The molecule has 3 aliphatic carbocycles. The van der Waals surface area contributed by atoms with Crippen molar-refractivity contribution < 1.29 is 34.4 Å². The van der Waals surface area contributed by atoms with Crippen LogP contribution in [-0.2, 0) is 16.6 Å². The van der Waals surface area contributed by atoms with E-state index in [4.69, 9.17) is 4.74 Å². The number of phenolic OH excluding ortho intramolecular Hbond substituents is 1. The Kier molecular flexibility index (Phi) is 3.01. The van der Waals surface area contributed by atoms with E-state index in [2.05, 4.69) is 7.05 Å². The van der Waals surface area contributed by atoms with Crippen molar-refractivity contribution in [2.24, 2.45) is 5.92 Å². The van der Waals surface area contributed by atoms with E-state index in [-0.39, 0.29) is 48.2 Å². The lowest BCUT2D eigenvalue weighted by atomic mass is 9.47. The minimum Gasteiger partial charge on any atom is -0.504 e. The Balaban J connectivity index is 1.60. The predicted octanol–water partition coefficient (Wildman–Crippen LogP) is -0.388. The number of aromatic hydroxyl groups is 1. The van der Waals surface area contributed by atoms with Crippen molar-refractivity contribution in [1.29, 1.82) is 0 Å². The van der Waals surface area contributed by atoms with Crippen molar-refractivity contribution >= 4 is 5.78 Å². The molecule has 7 nitrogen and oxygen atoms in total. The number of phenols is 1. The Hall–Kier alpha value is -1.67. The van der Waals surface area contributed by atoms with E-state index >= 15 is 0 Å². The van der Waals surface area contributed by atoms with Crippen LogP contribution >= 0.6 is 0 Å². The van der Waals surface area contributed by atoms with Crippen LogP contribution in [0.25, 0.3) is 0 Å². The van der Waals surface area contributed by atoms with Gasteiger partial charge in [0.1, 0.15) is 29.7 Å². The van der Waals surface area contributed by atoms with Gasteiger partial charge in [-0.25, -0.2) is 0 Å². The van der Waals surface area contributed by atoms with Gasteiger partial charge in [-0.05, 0) is 24.5 Å². The highest BCUT2D eigenvalue weighted by Gasteiger charge is 2.80. The van der Waals surface area contributed by atoms with E-state index in [0.29, 0.717) is 29.6 Å². The molecule has 3 fully saturated rings. The molecule has 1 aromatic rings. The van der Waals surface area contributed by atoms with Gasteiger partial charge in [0.15, 0.2) is 23.4 Å². The number of rotatable bonds is 2. The number of likely N-dealkylation sites (N-methyl/N-ethyl adjacent to an activating group) is 1. The van der Waals surface area contributed by atoms with Crippen molar-refractivity contribution in [2.45, 2.75) is 61.1 Å². The fourth-order valence-corrected chi connectivity index (χ4v) is 7.13. The number of Topliss-reactive ketones (excluding diaryl/α,β-unsaturated/α-hetero) is 1. The molecule has 2 heterocycles. The maximum atomic E-state index is 12.8. The summed E-state index contributed by atoms with van der Waals surface area (Å²) < 4.78 is 6.44. The van der Waals surface area contributed by atoms with Crippen LogP contribution in [0.15, 0.2) is 12.1 Å². The second-order valence-electron chi connectivity index (χ2n) is 9.85. The molecule has 0 amide bonds. The van der Waals surface area contributed by atoms with Gasteiger partial charge in [-0.3, -0.25) is 4.79 Å². The van der Waals surface area contributed by atoms with E-state index in [1.807, 2.05) is 6.07 Å². The molecule has 4 N–H and O–H groups in total. The number of benzene rings is 1. The fraction of sp³-hybridized carbons (Fsp3) is 0.667. The first-order valence-corrected chi connectivity index (χ1v) is 10.2. The van der Waals surface area contributed by atoms with Crippen LogP contribution in [0.1, 0.15) is 30.4 Å². The van der Waals surface area contributed by atoms with Crippen LogP contribution in [0, 0.1) is 5.92 Å². The number of ether oxygens (including phenoxy) is 1. The second kappa shape index (κ2) is 4.90. The van der Waals surface area contributed by atoms with Gasteiger partial charge in [-0.1, -0.05) is 6.07 Å². The summed E-state index contributed by atoms with van der Waals surface area (Å²) in [4.78, 5) is 12.8. The summed E-state index contributed by atoms with van der Waals surface area (Å²) in [5.41, 5.74) is -0.966. The van der Waals surface area contributed by atoms with Gasteiger partial charge in [0.2, 0.25) is 0 Å². The molecule has 7 heteroatoms. The zero-order chi connectivity index (χ0) is 19.6. The van der Waals surface area contributed by atoms with E-state index in [9.17, 15) is 25.2 Å². The third-order valence-corrected chi connectivity index (χ3v) is 8.42. The molecule has 1 spiro atoms. The molecule has 150 valence electrons. The SMILES string of the molecule is C[N@+]1(CC2CC2O)C[C@@H](O)[C@]23c4c5ccc(O)c4O[C@H]2C(=O)CC[C@@]3(O)[C@H]1C5. The van der Waals surface area contributed by atoms with Crippen molar-refractivity contribution in [1.82, 2.24) is 0 Å². The Morgan fingerprint density at radius 3 is 2.79 bits per heavy atom. The van der Waals surface area contributed by atoms with Crippen LogP contribution in [0.4, 0.5) is 0 Å². The summed E-state index contributed by atoms with van der Waals surface area (Å²) in [7, 11) is 2.05. The third-order valence-electron chi connectivity index (χ3n) is 8.42. The number of carbonyl (C=O) groups excluding carboxylic acids is 1. The van der Waals surface area contributed by atoms with Gasteiger partial charge in [-0.2, -0.15) is 0 Å². The zero-order valence-corrected chi connectivity index (χ0v) is 15.8. The largest absolute Gasteiger partial charge is 0.504 e. The molecule has 0 radical (unpaired) electrons. The molecular weight excluding hydrogens is 362 g/mol. The Morgan fingerprint density at radius 1 is 1.32 bits per heavy atom. The van der Waals surface area contributed by atoms with E-state index in [1.165, 1.54) is 0 Å². The number of carbonyl (C=O) groups is 1. The molecule has 8 atom stereocenters. The number of ketones is 1. The number of quaternary nitrogens is 1. The maximum absolute atomic E-state index is 12.8. The normalized spacial score (nSPS) is 50.1. The van der Waals surface area contributed by atoms with Gasteiger partial charge in [0.25, 0.3) is 0 Å². The van der Waals surface area contributed by atoms with Gasteiger partial charge in [-0.15, -0.1) is 0 Å². The number of likely N-dealkylation sites (tertiary alicyclic amines) is 1. The lowest BCUT2D eigenvalue weighted by molar-refractivity contribution is -0.954. The van der Waals surface area contributed by atoms with Gasteiger partial charge in [0, 0.05) is 24.3 Å². The average molecular weight is 388 g/mol. The van der Waals surface area contributed by atoms with Crippen molar-refractivity contribution in [3.8, 4) is 11.5 Å².